The maximum absolute atomic E-state index is 12.6. The number of nitrogens with one attached hydrogen (secondary N) is 2. The number of rotatable bonds is 5. The van der Waals surface area contributed by atoms with E-state index in [-0.39, 0.29) is 17.8 Å². The molecule has 1 aliphatic heterocycles. The normalized spacial score (nSPS) is 25.2. The van der Waals surface area contributed by atoms with E-state index in [1.807, 2.05) is 0 Å². The largest absolute Gasteiger partial charge is 0.355 e. The lowest BCUT2D eigenvalue weighted by molar-refractivity contribution is -0.132. The van der Waals surface area contributed by atoms with Crippen molar-refractivity contribution in [1.29, 1.82) is 0 Å². The predicted molar refractivity (Wildman–Crippen MR) is 86.2 cm³/mol. The Morgan fingerprint density at radius 3 is 2.55 bits per heavy atom. The summed E-state index contributed by atoms with van der Waals surface area (Å²) in [5.41, 5.74) is -0.0454. The first-order chi connectivity index (χ1) is 9.12. The standard InChI is InChI=1S/C16H30N2O.ClH/c1-13(2)10-16(7-3-4-8-16)15(19)18-12-14-6-5-9-17-11-14;/h13-14,17H,3-12H2,1-2H3,(H,18,19);1H. The lowest BCUT2D eigenvalue weighted by Gasteiger charge is -2.31. The number of carbonyl (C=O) groups excluding carboxylic acids is 1. The summed E-state index contributed by atoms with van der Waals surface area (Å²) in [7, 11) is 0. The zero-order valence-electron chi connectivity index (χ0n) is 13.0. The molecule has 2 aliphatic rings. The van der Waals surface area contributed by atoms with Gasteiger partial charge < -0.3 is 10.6 Å². The van der Waals surface area contributed by atoms with E-state index in [0.29, 0.717) is 17.7 Å². The summed E-state index contributed by atoms with van der Waals surface area (Å²) >= 11 is 0. The molecule has 2 rings (SSSR count). The van der Waals surface area contributed by atoms with Gasteiger partial charge in [-0.05, 0) is 57.0 Å². The molecule has 0 spiro atoms. The molecule has 1 amide bonds. The minimum Gasteiger partial charge on any atom is -0.355 e. The topological polar surface area (TPSA) is 41.1 Å². The minimum absolute atomic E-state index is 0. The Labute approximate surface area is 130 Å². The summed E-state index contributed by atoms with van der Waals surface area (Å²) in [6.45, 7) is 7.54. The van der Waals surface area contributed by atoms with Crippen LogP contribution in [0.1, 0.15) is 58.8 Å². The summed E-state index contributed by atoms with van der Waals surface area (Å²) in [6.07, 6.45) is 8.21. The summed E-state index contributed by atoms with van der Waals surface area (Å²) < 4.78 is 0. The van der Waals surface area contributed by atoms with Crippen LogP contribution < -0.4 is 10.6 Å². The second-order valence-corrected chi connectivity index (χ2v) is 7.01. The van der Waals surface area contributed by atoms with Gasteiger partial charge in [0.2, 0.25) is 5.91 Å². The van der Waals surface area contributed by atoms with Crippen molar-refractivity contribution in [1.82, 2.24) is 10.6 Å². The van der Waals surface area contributed by atoms with Gasteiger partial charge in [0.15, 0.2) is 0 Å². The third-order valence-corrected chi connectivity index (χ3v) is 4.79. The molecule has 0 aromatic heterocycles. The van der Waals surface area contributed by atoms with Crippen LogP contribution in [-0.2, 0) is 4.79 Å². The maximum atomic E-state index is 12.6. The van der Waals surface area contributed by atoms with Crippen LogP contribution >= 0.6 is 12.4 Å². The quantitative estimate of drug-likeness (QED) is 0.819. The van der Waals surface area contributed by atoms with E-state index in [0.717, 1.165) is 38.9 Å². The Morgan fingerprint density at radius 2 is 2.00 bits per heavy atom. The first kappa shape index (κ1) is 17.8. The van der Waals surface area contributed by atoms with Crippen LogP contribution in [0.3, 0.4) is 0 Å². The predicted octanol–water partition coefficient (Wildman–Crippen LogP) is 3.13. The van der Waals surface area contributed by atoms with Crippen LogP contribution in [-0.4, -0.2) is 25.5 Å². The Bertz CT molecular complexity index is 295. The fourth-order valence-electron chi connectivity index (χ4n) is 3.88. The van der Waals surface area contributed by atoms with Crippen molar-refractivity contribution in [2.24, 2.45) is 17.3 Å². The average molecular weight is 303 g/mol. The van der Waals surface area contributed by atoms with Crippen LogP contribution in [0, 0.1) is 17.3 Å². The Balaban J connectivity index is 0.00000200. The van der Waals surface area contributed by atoms with Crippen molar-refractivity contribution in [3.8, 4) is 0 Å². The van der Waals surface area contributed by atoms with Gasteiger partial charge in [-0.1, -0.05) is 26.7 Å². The number of piperidine rings is 1. The highest BCUT2D eigenvalue weighted by Gasteiger charge is 2.41. The highest BCUT2D eigenvalue weighted by Crippen LogP contribution is 2.43. The molecule has 4 heteroatoms. The molecule has 0 aromatic carbocycles. The number of amides is 1. The van der Waals surface area contributed by atoms with Gasteiger partial charge in [-0.2, -0.15) is 0 Å². The molecule has 1 saturated carbocycles. The third kappa shape index (κ3) is 4.63. The fraction of sp³-hybridized carbons (Fsp3) is 0.938. The van der Waals surface area contributed by atoms with Gasteiger partial charge in [0.25, 0.3) is 0 Å². The minimum atomic E-state index is -0.0454. The molecular weight excluding hydrogens is 272 g/mol. The van der Waals surface area contributed by atoms with Gasteiger partial charge in [0, 0.05) is 12.0 Å². The van der Waals surface area contributed by atoms with Crippen molar-refractivity contribution in [3.05, 3.63) is 0 Å². The number of halogens is 1. The maximum Gasteiger partial charge on any atom is 0.226 e. The van der Waals surface area contributed by atoms with Gasteiger partial charge in [-0.25, -0.2) is 0 Å². The molecule has 0 aromatic rings. The van der Waals surface area contributed by atoms with Gasteiger partial charge in [-0.15, -0.1) is 12.4 Å². The van der Waals surface area contributed by atoms with Crippen molar-refractivity contribution >= 4 is 18.3 Å². The molecule has 0 radical (unpaired) electrons. The van der Waals surface area contributed by atoms with Gasteiger partial charge in [0.05, 0.1) is 0 Å². The molecule has 3 nitrogen and oxygen atoms in total. The molecule has 20 heavy (non-hydrogen) atoms. The van der Waals surface area contributed by atoms with Gasteiger partial charge in [0.1, 0.15) is 0 Å². The molecule has 0 bridgehead atoms. The Hall–Kier alpha value is -0.280. The lowest BCUT2D eigenvalue weighted by atomic mass is 9.77. The van der Waals surface area contributed by atoms with E-state index >= 15 is 0 Å². The smallest absolute Gasteiger partial charge is 0.226 e. The zero-order valence-corrected chi connectivity index (χ0v) is 13.9. The van der Waals surface area contributed by atoms with E-state index < -0.39 is 0 Å². The fourth-order valence-corrected chi connectivity index (χ4v) is 3.88. The van der Waals surface area contributed by atoms with Gasteiger partial charge >= 0.3 is 0 Å². The van der Waals surface area contributed by atoms with E-state index in [1.165, 1.54) is 25.7 Å². The van der Waals surface area contributed by atoms with Crippen LogP contribution in [0.2, 0.25) is 0 Å². The first-order valence-corrected chi connectivity index (χ1v) is 8.11. The van der Waals surface area contributed by atoms with E-state index in [2.05, 4.69) is 24.5 Å². The molecule has 118 valence electrons. The molecule has 1 unspecified atom stereocenters. The van der Waals surface area contributed by atoms with E-state index in [9.17, 15) is 4.79 Å². The molecule has 2 N–H and O–H groups in total. The van der Waals surface area contributed by atoms with Crippen molar-refractivity contribution in [3.63, 3.8) is 0 Å². The number of carbonyl (C=O) groups is 1. The second-order valence-electron chi connectivity index (χ2n) is 7.01. The molecular formula is C16H31ClN2O. The summed E-state index contributed by atoms with van der Waals surface area (Å²) in [5, 5.41) is 6.68. The number of hydrogen-bond donors (Lipinski definition) is 2. The third-order valence-electron chi connectivity index (χ3n) is 4.79. The number of hydrogen-bond acceptors (Lipinski definition) is 2. The summed E-state index contributed by atoms with van der Waals surface area (Å²) in [6, 6.07) is 0. The summed E-state index contributed by atoms with van der Waals surface area (Å²) in [5.74, 6) is 1.58. The van der Waals surface area contributed by atoms with Crippen molar-refractivity contribution in [2.75, 3.05) is 19.6 Å². The SMILES string of the molecule is CC(C)CC1(C(=O)NCC2CCCNC2)CCCC1.Cl. The molecule has 1 aliphatic carbocycles. The Kier molecular flexibility index (Phi) is 7.32. The lowest BCUT2D eigenvalue weighted by Crippen LogP contribution is -2.44. The highest BCUT2D eigenvalue weighted by atomic mass is 35.5. The highest BCUT2D eigenvalue weighted by molar-refractivity contribution is 5.85. The van der Waals surface area contributed by atoms with E-state index in [1.54, 1.807) is 0 Å². The first-order valence-electron chi connectivity index (χ1n) is 8.11. The second kappa shape index (κ2) is 8.23. The Morgan fingerprint density at radius 1 is 1.30 bits per heavy atom. The molecule has 1 saturated heterocycles. The van der Waals surface area contributed by atoms with E-state index in [4.69, 9.17) is 0 Å². The van der Waals surface area contributed by atoms with Crippen molar-refractivity contribution in [2.45, 2.75) is 58.8 Å². The summed E-state index contributed by atoms with van der Waals surface area (Å²) in [4.78, 5) is 12.6. The average Bonchev–Trinajstić information content (AvgIpc) is 2.86. The monoisotopic (exact) mass is 302 g/mol. The van der Waals surface area contributed by atoms with Crippen LogP contribution in [0.5, 0.6) is 0 Å². The van der Waals surface area contributed by atoms with Crippen LogP contribution in [0.15, 0.2) is 0 Å². The van der Waals surface area contributed by atoms with Gasteiger partial charge in [-0.3, -0.25) is 4.79 Å². The molecule has 2 fully saturated rings. The van der Waals surface area contributed by atoms with Crippen LogP contribution in [0.4, 0.5) is 0 Å². The molecule has 1 atom stereocenters. The zero-order chi connectivity index (χ0) is 13.7. The van der Waals surface area contributed by atoms with Crippen LogP contribution in [0.25, 0.3) is 0 Å². The molecule has 1 heterocycles. The van der Waals surface area contributed by atoms with Crippen molar-refractivity contribution < 1.29 is 4.79 Å².